The third-order valence-corrected chi connectivity index (χ3v) is 28.9. The molecule has 9 heterocycles. The van der Waals surface area contributed by atoms with Gasteiger partial charge in [0.1, 0.15) is 22.9 Å². The Kier molecular flexibility index (Phi) is 52.7. The highest BCUT2D eigenvalue weighted by molar-refractivity contribution is 6.74. The van der Waals surface area contributed by atoms with Crippen LogP contribution in [-0.2, 0) is 63.0 Å². The highest BCUT2D eigenvalue weighted by Gasteiger charge is 2.40. The van der Waals surface area contributed by atoms with Crippen LogP contribution in [0.25, 0.3) is 10.9 Å². The van der Waals surface area contributed by atoms with Crippen LogP contribution in [0.4, 0.5) is 0 Å². The van der Waals surface area contributed by atoms with Crippen molar-refractivity contribution in [1.29, 1.82) is 26.3 Å². The van der Waals surface area contributed by atoms with Gasteiger partial charge in [-0.05, 0) is 127 Å². The fourth-order valence-electron chi connectivity index (χ4n) is 10.6. The zero-order chi connectivity index (χ0) is 95.7. The number of carbonyl (C=O) groups is 7. The van der Waals surface area contributed by atoms with E-state index in [1.165, 1.54) is 76.3 Å². The Morgan fingerprint density at radius 3 is 1.33 bits per heavy atom. The Labute approximate surface area is 755 Å². The largest absolute Gasteiger partial charge is 0.507 e. The maximum atomic E-state index is 13.2. The first-order chi connectivity index (χ1) is 61.0. The topological polar surface area (TPSA) is 493 Å². The number of aromatic hydroxyl groups is 2. The summed E-state index contributed by atoms with van der Waals surface area (Å²) in [5.41, 5.74) is 5.08. The summed E-state index contributed by atoms with van der Waals surface area (Å²) in [7, 11) is 0.431. The molecular formula is C91H114ClN15O19Si2. The number of carboxylic acids is 1. The number of pyridine rings is 6. The maximum Gasteiger partial charge on any atom is 0.341 e. The lowest BCUT2D eigenvalue weighted by molar-refractivity contribution is -0.0184. The summed E-state index contributed by atoms with van der Waals surface area (Å²) in [6, 6.07) is 33.8. The van der Waals surface area contributed by atoms with Gasteiger partial charge in [0.05, 0.1) is 203 Å². The van der Waals surface area contributed by atoms with Gasteiger partial charge in [-0.3, -0.25) is 39.3 Å². The van der Waals surface area contributed by atoms with Crippen molar-refractivity contribution in [3.05, 3.63) is 231 Å². The monoisotopic (exact) mass is 1810 g/mol. The molecule has 10 rings (SSSR count). The molecule has 3 fully saturated rings. The minimum absolute atomic E-state index is 0.0526. The highest BCUT2D eigenvalue weighted by atomic mass is 35.5. The SMILES string of the molecule is CC(C)(C)[Si](C)(C)OC[C@@H]1COCCN1.CC(C)(C)[Si](C)(C)OC[C@@H]1COCCN1C(=O)c1cccnc1CCC#N.COC(=O)c1cccnc1/C=C/C#N.COC(=O)c1cccnc1CCC#N.COC(=O)c1cccnc1Cl.N#CCCc1ncccc1C(=O)N1CCOC[C@H]1CO.N#CCCc1ncccc1C(=O)O.O=Cc1c(O)cccc1O.[C-]#[N+]C=C. The molecule has 7 aromatic rings. The summed E-state index contributed by atoms with van der Waals surface area (Å²) in [6.45, 7) is 38.0. The average molecular weight is 1810 g/mol. The fraction of sp³-hybridized carbons (Fsp3) is 0.418. The number of morpholine rings is 3. The van der Waals surface area contributed by atoms with Crippen molar-refractivity contribution in [2.45, 2.75) is 147 Å². The first-order valence-corrected chi connectivity index (χ1v) is 46.5. The van der Waals surface area contributed by atoms with Crippen molar-refractivity contribution in [3.63, 3.8) is 0 Å². The van der Waals surface area contributed by atoms with E-state index in [2.05, 4.69) is 141 Å². The van der Waals surface area contributed by atoms with Crippen LogP contribution in [0.3, 0.4) is 0 Å². The molecular weight excluding hydrogens is 1700 g/mol. The van der Waals surface area contributed by atoms with E-state index in [4.69, 9.17) is 82.9 Å². The minimum Gasteiger partial charge on any atom is -0.507 e. The molecule has 0 spiro atoms. The molecule has 3 aliphatic heterocycles. The second-order valence-electron chi connectivity index (χ2n) is 30.3. The van der Waals surface area contributed by atoms with E-state index in [1.54, 1.807) is 96.4 Å². The number of aromatic nitrogens is 6. The number of ether oxygens (including phenoxy) is 6. The number of hydrogen-bond donors (Lipinski definition) is 5. The smallest absolute Gasteiger partial charge is 0.341 e. The van der Waals surface area contributed by atoms with Crippen LogP contribution in [0.2, 0.25) is 41.4 Å². The molecule has 5 N–H and O–H groups in total. The predicted octanol–water partition coefficient (Wildman–Crippen LogP) is 13.2. The molecule has 0 aliphatic carbocycles. The number of amides is 2. The minimum atomic E-state index is -1.90. The van der Waals surface area contributed by atoms with Gasteiger partial charge in [0.2, 0.25) is 0 Å². The van der Waals surface area contributed by atoms with Gasteiger partial charge < -0.3 is 72.8 Å². The maximum absolute atomic E-state index is 13.2. The number of methoxy groups -OCH3 is 3. The predicted molar refractivity (Wildman–Crippen MR) is 481 cm³/mol. The Morgan fingerprint density at radius 2 is 0.938 bits per heavy atom. The van der Waals surface area contributed by atoms with Crippen LogP contribution in [0.15, 0.2) is 147 Å². The average Bonchev–Trinajstić information content (AvgIpc) is 0.822. The Morgan fingerprint density at radius 1 is 0.562 bits per heavy atom. The lowest BCUT2D eigenvalue weighted by Gasteiger charge is -2.41. The molecule has 0 unspecified atom stereocenters. The zero-order valence-corrected chi connectivity index (χ0v) is 77.3. The van der Waals surface area contributed by atoms with Crippen molar-refractivity contribution in [3.8, 4) is 41.8 Å². The van der Waals surface area contributed by atoms with E-state index in [1.807, 2.05) is 23.1 Å². The van der Waals surface area contributed by atoms with Crippen LogP contribution < -0.4 is 5.32 Å². The molecule has 0 saturated carbocycles. The van der Waals surface area contributed by atoms with Crippen LogP contribution in [-0.4, -0.2) is 237 Å². The summed E-state index contributed by atoms with van der Waals surface area (Å²) in [6.07, 6.45) is 16.9. The molecule has 2 amide bonds. The van der Waals surface area contributed by atoms with Gasteiger partial charge in [0, 0.05) is 114 Å². The van der Waals surface area contributed by atoms with Gasteiger partial charge >= 0.3 is 23.9 Å². The molecule has 34 nitrogen and oxygen atoms in total. The van der Waals surface area contributed by atoms with Gasteiger partial charge in [-0.25, -0.2) is 29.0 Å². The second kappa shape index (κ2) is 60.7. The summed E-state index contributed by atoms with van der Waals surface area (Å²) in [5.74, 6) is -2.95. The second-order valence-corrected chi connectivity index (χ2v) is 40.3. The number of rotatable bonds is 23. The lowest BCUT2D eigenvalue weighted by Crippen LogP contribution is -2.53. The van der Waals surface area contributed by atoms with E-state index >= 15 is 0 Å². The number of aryl methyl sites for hydroxylation is 4. The molecule has 0 bridgehead atoms. The molecule has 3 atom stereocenters. The Hall–Kier alpha value is -12.9. The lowest BCUT2D eigenvalue weighted by atomic mass is 10.1. The number of carbonyl (C=O) groups excluding carboxylic acids is 6. The Bertz CT molecular complexity index is 4960. The van der Waals surface area contributed by atoms with E-state index in [9.17, 15) is 38.7 Å². The summed E-state index contributed by atoms with van der Waals surface area (Å²) in [4.78, 5) is 110. The van der Waals surface area contributed by atoms with Crippen molar-refractivity contribution in [2.75, 3.05) is 100 Å². The molecule has 3 saturated heterocycles. The van der Waals surface area contributed by atoms with E-state index in [-0.39, 0.29) is 75.3 Å². The zero-order valence-electron chi connectivity index (χ0n) is 74.6. The fourth-order valence-corrected chi connectivity index (χ4v) is 12.9. The molecule has 682 valence electrons. The standard InChI is InChI=1S/C20H31N3O3Si.C14H17N3O3.C11H25NO2Si.C10H10N2O2.C10H8N2O2.C9H8N2O2.C7H6ClNO2.C7H6O3.C3H3N/c1-20(2,3)27(4,5)26-15-16-14-25-13-12-23(16)19(24)17-8-7-11-22-18(17)9-6-10-21;15-5-1-4-13-12(3-2-6-16-13)14(19)17-7-8-20-10-11(17)9-18;1-11(2,3)15(4,5)14-9-10-8-13-7-6-12-10;2*1-14-10(13)8-4-3-7-12-9(8)5-2-6-11;10-5-1-4-8-7(9(12)13)3-2-6-11-8;1-11-7(10)5-3-2-4-9-6(5)8;8-4-5-6(9)2-1-3-7(5)10;1-3-4-2/h7-8,11,16H,6,9,12-15H2,1-5H3;2-3,6,11,18H,1,4,7-10H2;10,12H,6-9H2,1-5H3;3-4,7H,2,5H2,1H3;2-5,7H,1H3;2-3,6H,1,4H2,(H,12,13);2-4H,1H3;1-4,9-10H;3H,1H2/b;;;;5-2+;;;;/t16-;11-;10-;;;;;;/m010....../s1. The van der Waals surface area contributed by atoms with Crippen LogP contribution in [0.1, 0.15) is 168 Å². The van der Waals surface area contributed by atoms with Crippen LogP contribution in [0, 0.1) is 63.2 Å². The summed E-state index contributed by atoms with van der Waals surface area (Å²) < 4.78 is 42.4. The van der Waals surface area contributed by atoms with Gasteiger partial charge in [0.15, 0.2) is 22.9 Å². The molecule has 37 heteroatoms. The molecule has 3 aliphatic rings. The van der Waals surface area contributed by atoms with Crippen molar-refractivity contribution >= 4 is 76.3 Å². The molecule has 1 aromatic carbocycles. The highest BCUT2D eigenvalue weighted by Crippen LogP contribution is 2.38. The summed E-state index contributed by atoms with van der Waals surface area (Å²) >= 11 is 5.59. The van der Waals surface area contributed by atoms with E-state index in [0.29, 0.717) is 159 Å². The number of aliphatic hydroxyl groups excluding tert-OH is 1. The number of benzene rings is 1. The number of esters is 3. The number of carboxylic acid groups (broad SMARTS) is 1. The van der Waals surface area contributed by atoms with Crippen molar-refractivity contribution < 1.29 is 91.3 Å². The Balaban J connectivity index is 0.000000501. The third-order valence-electron chi connectivity index (χ3n) is 19.6. The first kappa shape index (κ1) is 111. The van der Waals surface area contributed by atoms with E-state index in [0.717, 1.165) is 26.4 Å². The number of nitrogens with one attached hydrogen (secondary N) is 1. The number of halogens is 1. The number of aldehydes is 1. The van der Waals surface area contributed by atoms with Gasteiger partial charge in [0.25, 0.3) is 11.8 Å². The van der Waals surface area contributed by atoms with E-state index < -0.39 is 40.5 Å². The molecule has 128 heavy (non-hydrogen) atoms. The molecule has 6 aromatic heterocycles. The number of phenols is 2. The number of nitriles is 5. The van der Waals surface area contributed by atoms with Gasteiger partial charge in [-0.15, -0.1) is 6.58 Å². The number of aliphatic hydroxyl groups is 1. The third kappa shape index (κ3) is 39.3. The number of nitrogens with zero attached hydrogens (tertiary/aromatic N) is 14. The number of hydrogen-bond acceptors (Lipinski definition) is 30. The van der Waals surface area contributed by atoms with Crippen LogP contribution in [0.5, 0.6) is 11.5 Å². The first-order valence-electron chi connectivity index (χ1n) is 40.3. The normalized spacial score (nSPS) is 14.2. The number of aromatic carboxylic acids is 1. The number of allylic oxidation sites excluding steroid dienone is 1. The summed E-state index contributed by atoms with van der Waals surface area (Å²) in [5, 5.41) is 82.5. The quantitative estimate of drug-likeness (QED) is 0.00755. The van der Waals surface area contributed by atoms with Gasteiger partial charge in [-0.1, -0.05) is 59.2 Å². The van der Waals surface area contributed by atoms with Crippen LogP contribution >= 0.6 is 11.6 Å². The molecule has 0 radical (unpaired) electrons. The van der Waals surface area contributed by atoms with Gasteiger partial charge in [-0.2, -0.15) is 26.3 Å². The van der Waals surface area contributed by atoms with Crippen molar-refractivity contribution in [1.82, 2.24) is 45.0 Å². The number of phenolic OH excluding ortho intramolecular Hbond substituents is 2. The van der Waals surface area contributed by atoms with Crippen molar-refractivity contribution in [2.24, 2.45) is 0 Å².